The minimum atomic E-state index is 0.284. The number of halogens is 1. The maximum Gasteiger partial charge on any atom is 0.0525 e. The summed E-state index contributed by atoms with van der Waals surface area (Å²) >= 11 is 3.47. The molecule has 0 heterocycles. The molecule has 0 fully saturated rings. The van der Waals surface area contributed by atoms with Gasteiger partial charge in [0, 0.05) is 11.9 Å². The first kappa shape index (κ1) is 12.4. The van der Waals surface area contributed by atoms with E-state index in [0.29, 0.717) is 0 Å². The van der Waals surface area contributed by atoms with Crippen molar-refractivity contribution in [1.82, 2.24) is 0 Å². The van der Waals surface area contributed by atoms with Gasteiger partial charge in [-0.2, -0.15) is 0 Å². The molecule has 0 aromatic rings. The Bertz CT molecular complexity index is 102. The van der Waals surface area contributed by atoms with Crippen molar-refractivity contribution in [2.75, 3.05) is 18.5 Å². The van der Waals surface area contributed by atoms with Gasteiger partial charge in [0.1, 0.15) is 0 Å². The van der Waals surface area contributed by atoms with Crippen LogP contribution in [0.15, 0.2) is 0 Å². The summed E-state index contributed by atoms with van der Waals surface area (Å²) in [5.74, 6) is 0. The molecule has 0 atom stereocenters. The molecule has 0 amide bonds. The Balaban J connectivity index is 3.19. The lowest BCUT2D eigenvalue weighted by molar-refractivity contribution is 0.0715. The predicted octanol–water partition coefficient (Wildman–Crippen LogP) is 3.61. The first-order chi connectivity index (χ1) is 5.62. The predicted molar refractivity (Wildman–Crippen MR) is 57.9 cm³/mol. The minimum absolute atomic E-state index is 0.284. The van der Waals surface area contributed by atoms with Crippen molar-refractivity contribution < 1.29 is 4.74 Å². The largest absolute Gasteiger partial charge is 0.381 e. The highest BCUT2D eigenvalue weighted by molar-refractivity contribution is 9.09. The lowest BCUT2D eigenvalue weighted by atomic mass is 9.98. The summed E-state index contributed by atoms with van der Waals surface area (Å²) in [6.07, 6.45) is 3.76. The van der Waals surface area contributed by atoms with Crippen molar-refractivity contribution >= 4 is 15.9 Å². The van der Waals surface area contributed by atoms with Crippen LogP contribution in [0, 0.1) is 5.41 Å². The molecule has 1 nitrogen and oxygen atoms in total. The molecule has 0 aliphatic rings. The summed E-state index contributed by atoms with van der Waals surface area (Å²) in [4.78, 5) is 0. The zero-order valence-corrected chi connectivity index (χ0v) is 10.1. The fourth-order valence-corrected chi connectivity index (χ4v) is 1.00. The van der Waals surface area contributed by atoms with Crippen LogP contribution in [-0.4, -0.2) is 18.5 Å². The van der Waals surface area contributed by atoms with Gasteiger partial charge in [-0.15, -0.1) is 0 Å². The van der Waals surface area contributed by atoms with Crippen LogP contribution in [0.3, 0.4) is 0 Å². The van der Waals surface area contributed by atoms with Gasteiger partial charge in [0.2, 0.25) is 0 Å². The summed E-state index contributed by atoms with van der Waals surface area (Å²) in [5.41, 5.74) is 0.284. The molecule has 0 unspecified atom stereocenters. The molecule has 0 rings (SSSR count). The van der Waals surface area contributed by atoms with Crippen LogP contribution in [0.2, 0.25) is 0 Å². The number of alkyl halides is 1. The molecule has 0 radical (unpaired) electrons. The van der Waals surface area contributed by atoms with Crippen LogP contribution in [0.1, 0.15) is 40.0 Å². The SMILES string of the molecule is CCCCCOCC(C)(C)CBr. The second kappa shape index (κ2) is 6.90. The van der Waals surface area contributed by atoms with Crippen LogP contribution in [0.4, 0.5) is 0 Å². The Morgan fingerprint density at radius 1 is 1.25 bits per heavy atom. The van der Waals surface area contributed by atoms with Crippen LogP contribution in [-0.2, 0) is 4.74 Å². The first-order valence-corrected chi connectivity index (χ1v) is 5.88. The van der Waals surface area contributed by atoms with Gasteiger partial charge in [0.15, 0.2) is 0 Å². The van der Waals surface area contributed by atoms with Gasteiger partial charge in [-0.1, -0.05) is 49.5 Å². The highest BCUT2D eigenvalue weighted by Gasteiger charge is 2.15. The van der Waals surface area contributed by atoms with Gasteiger partial charge in [0.25, 0.3) is 0 Å². The highest BCUT2D eigenvalue weighted by atomic mass is 79.9. The van der Waals surface area contributed by atoms with Gasteiger partial charge < -0.3 is 4.74 Å². The monoisotopic (exact) mass is 236 g/mol. The van der Waals surface area contributed by atoms with E-state index in [-0.39, 0.29) is 5.41 Å². The zero-order valence-electron chi connectivity index (χ0n) is 8.53. The van der Waals surface area contributed by atoms with Gasteiger partial charge in [0.05, 0.1) is 6.61 Å². The van der Waals surface area contributed by atoms with Crippen LogP contribution in [0.5, 0.6) is 0 Å². The smallest absolute Gasteiger partial charge is 0.0525 e. The second-order valence-corrected chi connectivity index (χ2v) is 4.62. The van der Waals surface area contributed by atoms with Crippen molar-refractivity contribution in [3.05, 3.63) is 0 Å². The molecule has 2 heteroatoms. The van der Waals surface area contributed by atoms with Crippen LogP contribution < -0.4 is 0 Å². The molecule has 0 aromatic carbocycles. The maximum absolute atomic E-state index is 5.56. The van der Waals surface area contributed by atoms with Gasteiger partial charge >= 0.3 is 0 Å². The molecule has 0 aliphatic carbocycles. The average molecular weight is 237 g/mol. The average Bonchev–Trinajstić information content (AvgIpc) is 2.04. The quantitative estimate of drug-likeness (QED) is 0.485. The summed E-state index contributed by atoms with van der Waals surface area (Å²) in [6.45, 7) is 8.41. The highest BCUT2D eigenvalue weighted by Crippen LogP contribution is 2.18. The van der Waals surface area contributed by atoms with Crippen LogP contribution in [0.25, 0.3) is 0 Å². The second-order valence-electron chi connectivity index (χ2n) is 4.06. The Morgan fingerprint density at radius 3 is 2.42 bits per heavy atom. The molecule has 74 valence electrons. The lowest BCUT2D eigenvalue weighted by Crippen LogP contribution is -2.21. The summed E-state index contributed by atoms with van der Waals surface area (Å²) in [5, 5.41) is 1.01. The van der Waals surface area contributed by atoms with E-state index in [2.05, 4.69) is 36.7 Å². The molecular weight excluding hydrogens is 216 g/mol. The van der Waals surface area contributed by atoms with Crippen molar-refractivity contribution in [2.45, 2.75) is 40.0 Å². The Hall–Kier alpha value is 0.440. The van der Waals surface area contributed by atoms with E-state index in [9.17, 15) is 0 Å². The number of rotatable bonds is 7. The van der Waals surface area contributed by atoms with Crippen molar-refractivity contribution in [3.8, 4) is 0 Å². The van der Waals surface area contributed by atoms with E-state index in [1.54, 1.807) is 0 Å². The molecule has 0 saturated carbocycles. The van der Waals surface area contributed by atoms with Gasteiger partial charge in [-0.05, 0) is 11.8 Å². The zero-order chi connectivity index (χ0) is 9.45. The molecule has 0 N–H and O–H groups in total. The Labute approximate surface area is 85.0 Å². The molecular formula is C10H21BrO. The molecule has 0 bridgehead atoms. The first-order valence-electron chi connectivity index (χ1n) is 4.76. The number of hydrogen-bond acceptors (Lipinski definition) is 1. The molecule has 0 aromatic heterocycles. The van der Waals surface area contributed by atoms with E-state index in [1.165, 1.54) is 19.3 Å². The van der Waals surface area contributed by atoms with Crippen molar-refractivity contribution in [1.29, 1.82) is 0 Å². The number of unbranched alkanes of at least 4 members (excludes halogenated alkanes) is 2. The number of ether oxygens (including phenoxy) is 1. The fourth-order valence-electron chi connectivity index (χ4n) is 0.841. The van der Waals surface area contributed by atoms with E-state index in [0.717, 1.165) is 18.5 Å². The Morgan fingerprint density at radius 2 is 1.92 bits per heavy atom. The Kier molecular flexibility index (Phi) is 7.16. The summed E-state index contributed by atoms with van der Waals surface area (Å²) < 4.78 is 5.56. The molecule has 0 spiro atoms. The topological polar surface area (TPSA) is 9.23 Å². The third-order valence-electron chi connectivity index (χ3n) is 1.75. The van der Waals surface area contributed by atoms with Crippen molar-refractivity contribution in [2.24, 2.45) is 5.41 Å². The third-order valence-corrected chi connectivity index (χ3v) is 3.26. The molecule has 0 saturated heterocycles. The minimum Gasteiger partial charge on any atom is -0.381 e. The normalized spacial score (nSPS) is 12.0. The van der Waals surface area contributed by atoms with E-state index >= 15 is 0 Å². The summed E-state index contributed by atoms with van der Waals surface area (Å²) in [6, 6.07) is 0. The molecule has 0 aliphatic heterocycles. The van der Waals surface area contributed by atoms with Gasteiger partial charge in [-0.25, -0.2) is 0 Å². The van der Waals surface area contributed by atoms with Crippen LogP contribution >= 0.6 is 15.9 Å². The van der Waals surface area contributed by atoms with E-state index < -0.39 is 0 Å². The summed E-state index contributed by atoms with van der Waals surface area (Å²) in [7, 11) is 0. The van der Waals surface area contributed by atoms with E-state index in [1.807, 2.05) is 0 Å². The van der Waals surface area contributed by atoms with Crippen molar-refractivity contribution in [3.63, 3.8) is 0 Å². The fraction of sp³-hybridized carbons (Fsp3) is 1.00. The van der Waals surface area contributed by atoms with Gasteiger partial charge in [-0.3, -0.25) is 0 Å². The standard InChI is InChI=1S/C10H21BrO/c1-4-5-6-7-12-9-10(2,3)8-11/h4-9H2,1-3H3. The number of hydrogen-bond donors (Lipinski definition) is 0. The van der Waals surface area contributed by atoms with E-state index in [4.69, 9.17) is 4.74 Å². The third kappa shape index (κ3) is 7.11. The molecule has 12 heavy (non-hydrogen) atoms. The lowest BCUT2D eigenvalue weighted by Gasteiger charge is -2.21. The maximum atomic E-state index is 5.56.